The van der Waals surface area contributed by atoms with Crippen molar-refractivity contribution in [3.63, 3.8) is 0 Å². The third kappa shape index (κ3) is 2.92. The van der Waals surface area contributed by atoms with E-state index in [0.29, 0.717) is 11.6 Å². The lowest BCUT2D eigenvalue weighted by molar-refractivity contribution is 0.0352. The van der Waals surface area contributed by atoms with Crippen molar-refractivity contribution < 1.29 is 4.74 Å². The molecule has 0 aromatic rings. The predicted octanol–water partition coefficient (Wildman–Crippen LogP) is 1.24. The van der Waals surface area contributed by atoms with E-state index in [9.17, 15) is 0 Å². The zero-order valence-corrected chi connectivity index (χ0v) is 10.1. The molecule has 1 N–H and O–H groups in total. The Morgan fingerprint density at radius 3 is 3.00 bits per heavy atom. The van der Waals surface area contributed by atoms with E-state index in [-0.39, 0.29) is 0 Å². The van der Waals surface area contributed by atoms with Crippen LogP contribution in [0.4, 0.5) is 0 Å². The molecule has 2 heterocycles. The molecule has 3 heteroatoms. The zero-order chi connectivity index (χ0) is 10.7. The topological polar surface area (TPSA) is 24.5 Å². The van der Waals surface area contributed by atoms with Crippen LogP contribution in [0.3, 0.4) is 0 Å². The Morgan fingerprint density at radius 1 is 1.40 bits per heavy atom. The summed E-state index contributed by atoms with van der Waals surface area (Å²) in [5.41, 5.74) is 0.329. The molecule has 0 amide bonds. The van der Waals surface area contributed by atoms with Gasteiger partial charge >= 0.3 is 0 Å². The molecule has 0 aliphatic carbocycles. The normalized spacial score (nSPS) is 32.8. The van der Waals surface area contributed by atoms with Gasteiger partial charge in [0, 0.05) is 31.8 Å². The van der Waals surface area contributed by atoms with Crippen LogP contribution < -0.4 is 5.32 Å². The number of ether oxygens (including phenoxy) is 1. The molecule has 2 fully saturated rings. The molecule has 2 aliphatic heterocycles. The van der Waals surface area contributed by atoms with Crippen LogP contribution in [0.25, 0.3) is 0 Å². The fourth-order valence-corrected chi connectivity index (χ4v) is 2.57. The van der Waals surface area contributed by atoms with Crippen molar-refractivity contribution in [2.75, 3.05) is 32.8 Å². The first kappa shape index (κ1) is 11.4. The third-order valence-corrected chi connectivity index (χ3v) is 3.78. The Hall–Kier alpha value is -0.120. The second kappa shape index (κ2) is 4.81. The maximum atomic E-state index is 5.73. The van der Waals surface area contributed by atoms with Crippen LogP contribution in [-0.2, 0) is 4.74 Å². The van der Waals surface area contributed by atoms with Gasteiger partial charge in [-0.1, -0.05) is 0 Å². The molecule has 0 aromatic carbocycles. The molecule has 0 radical (unpaired) electrons. The van der Waals surface area contributed by atoms with Gasteiger partial charge in [-0.05, 0) is 39.7 Å². The van der Waals surface area contributed by atoms with Crippen LogP contribution in [0.2, 0.25) is 0 Å². The largest absolute Gasteiger partial charge is 0.377 e. The summed E-state index contributed by atoms with van der Waals surface area (Å²) < 4.78 is 5.73. The molecule has 2 aliphatic rings. The second-order valence-corrected chi connectivity index (χ2v) is 5.39. The lowest BCUT2D eigenvalue weighted by Gasteiger charge is -2.38. The SMILES string of the molecule is CC1(C)CCNCCN1CC1CCCO1. The minimum atomic E-state index is 0.329. The third-order valence-electron chi connectivity index (χ3n) is 3.78. The van der Waals surface area contributed by atoms with Gasteiger partial charge in [-0.3, -0.25) is 4.90 Å². The lowest BCUT2D eigenvalue weighted by Crippen LogP contribution is -2.47. The molecule has 88 valence electrons. The summed E-state index contributed by atoms with van der Waals surface area (Å²) in [5.74, 6) is 0. The first-order valence-electron chi connectivity index (χ1n) is 6.26. The van der Waals surface area contributed by atoms with Gasteiger partial charge in [-0.2, -0.15) is 0 Å². The Labute approximate surface area is 93.2 Å². The van der Waals surface area contributed by atoms with Crippen molar-refractivity contribution in [3.8, 4) is 0 Å². The van der Waals surface area contributed by atoms with Crippen molar-refractivity contribution in [1.29, 1.82) is 0 Å². The maximum absolute atomic E-state index is 5.73. The highest BCUT2D eigenvalue weighted by atomic mass is 16.5. The summed E-state index contributed by atoms with van der Waals surface area (Å²) in [7, 11) is 0. The average Bonchev–Trinajstić information content (AvgIpc) is 2.62. The number of rotatable bonds is 2. The van der Waals surface area contributed by atoms with Gasteiger partial charge in [-0.25, -0.2) is 0 Å². The number of nitrogens with zero attached hydrogens (tertiary/aromatic N) is 1. The lowest BCUT2D eigenvalue weighted by atomic mass is 9.98. The summed E-state index contributed by atoms with van der Waals surface area (Å²) >= 11 is 0. The molecule has 15 heavy (non-hydrogen) atoms. The highest BCUT2D eigenvalue weighted by molar-refractivity contribution is 4.87. The molecule has 3 nitrogen and oxygen atoms in total. The fourth-order valence-electron chi connectivity index (χ4n) is 2.57. The van der Waals surface area contributed by atoms with E-state index in [0.717, 1.165) is 32.8 Å². The fraction of sp³-hybridized carbons (Fsp3) is 1.00. The first-order chi connectivity index (χ1) is 7.18. The smallest absolute Gasteiger partial charge is 0.0703 e. The van der Waals surface area contributed by atoms with Crippen molar-refractivity contribution in [1.82, 2.24) is 10.2 Å². The molecular weight excluding hydrogens is 188 g/mol. The van der Waals surface area contributed by atoms with Gasteiger partial charge in [-0.15, -0.1) is 0 Å². The summed E-state index contributed by atoms with van der Waals surface area (Å²) in [6.07, 6.45) is 4.22. The van der Waals surface area contributed by atoms with E-state index in [1.165, 1.54) is 19.3 Å². The number of nitrogens with one attached hydrogen (secondary N) is 1. The maximum Gasteiger partial charge on any atom is 0.0703 e. The van der Waals surface area contributed by atoms with Gasteiger partial charge < -0.3 is 10.1 Å². The van der Waals surface area contributed by atoms with Gasteiger partial charge in [0.05, 0.1) is 6.10 Å². The minimum Gasteiger partial charge on any atom is -0.377 e. The van der Waals surface area contributed by atoms with E-state index < -0.39 is 0 Å². The van der Waals surface area contributed by atoms with E-state index in [4.69, 9.17) is 4.74 Å². The Bertz CT molecular complexity index is 200. The van der Waals surface area contributed by atoms with Crippen LogP contribution in [0, 0.1) is 0 Å². The Kier molecular flexibility index (Phi) is 3.65. The summed E-state index contributed by atoms with van der Waals surface area (Å²) in [6, 6.07) is 0. The molecule has 1 unspecified atom stereocenters. The molecule has 2 rings (SSSR count). The first-order valence-corrected chi connectivity index (χ1v) is 6.26. The number of hydrogen-bond acceptors (Lipinski definition) is 3. The van der Waals surface area contributed by atoms with Crippen LogP contribution in [0.1, 0.15) is 33.1 Å². The van der Waals surface area contributed by atoms with Crippen molar-refractivity contribution in [2.45, 2.75) is 44.8 Å². The van der Waals surface area contributed by atoms with Crippen molar-refractivity contribution in [2.24, 2.45) is 0 Å². The Balaban J connectivity index is 1.91. The predicted molar refractivity (Wildman–Crippen MR) is 62.1 cm³/mol. The molecule has 0 spiro atoms. The monoisotopic (exact) mass is 212 g/mol. The highest BCUT2D eigenvalue weighted by Crippen LogP contribution is 2.23. The van der Waals surface area contributed by atoms with Crippen molar-refractivity contribution >= 4 is 0 Å². The van der Waals surface area contributed by atoms with E-state index in [1.54, 1.807) is 0 Å². The van der Waals surface area contributed by atoms with Gasteiger partial charge in [0.2, 0.25) is 0 Å². The molecule has 0 saturated carbocycles. The molecule has 1 atom stereocenters. The standard InChI is InChI=1S/C12H24N2O/c1-12(2)5-6-13-7-8-14(12)10-11-4-3-9-15-11/h11,13H,3-10H2,1-2H3. The second-order valence-electron chi connectivity index (χ2n) is 5.39. The van der Waals surface area contributed by atoms with Crippen LogP contribution in [0.5, 0.6) is 0 Å². The average molecular weight is 212 g/mol. The van der Waals surface area contributed by atoms with E-state index in [1.807, 2.05) is 0 Å². The minimum absolute atomic E-state index is 0.329. The molecular formula is C12H24N2O. The molecule has 2 saturated heterocycles. The van der Waals surface area contributed by atoms with Gasteiger partial charge in [0.25, 0.3) is 0 Å². The summed E-state index contributed by atoms with van der Waals surface area (Å²) in [6.45, 7) is 10.2. The zero-order valence-electron chi connectivity index (χ0n) is 10.1. The quantitative estimate of drug-likeness (QED) is 0.745. The summed E-state index contributed by atoms with van der Waals surface area (Å²) in [5, 5.41) is 3.48. The van der Waals surface area contributed by atoms with Gasteiger partial charge in [0.1, 0.15) is 0 Å². The van der Waals surface area contributed by atoms with E-state index >= 15 is 0 Å². The Morgan fingerprint density at radius 2 is 2.27 bits per heavy atom. The van der Waals surface area contributed by atoms with Gasteiger partial charge in [0.15, 0.2) is 0 Å². The van der Waals surface area contributed by atoms with Crippen LogP contribution in [0.15, 0.2) is 0 Å². The van der Waals surface area contributed by atoms with Crippen molar-refractivity contribution in [3.05, 3.63) is 0 Å². The summed E-state index contributed by atoms with van der Waals surface area (Å²) in [4.78, 5) is 2.60. The highest BCUT2D eigenvalue weighted by Gasteiger charge is 2.30. The molecule has 0 bridgehead atoms. The van der Waals surface area contributed by atoms with Crippen LogP contribution >= 0.6 is 0 Å². The number of hydrogen-bond donors (Lipinski definition) is 1. The van der Waals surface area contributed by atoms with Crippen LogP contribution in [-0.4, -0.2) is 49.3 Å². The van der Waals surface area contributed by atoms with E-state index in [2.05, 4.69) is 24.1 Å². The molecule has 0 aromatic heterocycles.